The molecule has 0 N–H and O–H groups in total. The number of alkyl halides is 13. The predicted molar refractivity (Wildman–Crippen MR) is 439 cm³/mol. The van der Waals surface area contributed by atoms with E-state index in [1.165, 1.54) is 95.5 Å². The van der Waals surface area contributed by atoms with Gasteiger partial charge in [0.2, 0.25) is 0 Å². The summed E-state index contributed by atoms with van der Waals surface area (Å²) < 4.78 is 248. The predicted octanol–water partition coefficient (Wildman–Crippen LogP) is 22.0. The van der Waals surface area contributed by atoms with Gasteiger partial charge in [-0.15, -0.1) is 0 Å². The number of rotatable bonds is 37. The summed E-state index contributed by atoms with van der Waals surface area (Å²) in [5.74, 6) is -32.5. The van der Waals surface area contributed by atoms with Crippen LogP contribution in [0.4, 0.5) is 57.1 Å². The zero-order chi connectivity index (χ0) is 91.0. The quantitative estimate of drug-likeness (QED) is 0.0268. The molecule has 0 aromatic heterocycles. The van der Waals surface area contributed by atoms with Crippen molar-refractivity contribution in [3.8, 4) is 5.75 Å². The molecule has 17 atom stereocenters. The summed E-state index contributed by atoms with van der Waals surface area (Å²) in [5, 5.41) is 0.803. The molecule has 0 amide bonds. The number of epoxide rings is 10. The van der Waals surface area contributed by atoms with Gasteiger partial charge in [-0.05, 0) is 171 Å². The lowest BCUT2D eigenvalue weighted by Gasteiger charge is -2.57. The number of carbonyl (C=O) groups excluding carboxylic acids is 1. The van der Waals surface area contributed by atoms with E-state index in [-0.39, 0.29) is 40.9 Å². The van der Waals surface area contributed by atoms with E-state index in [1.54, 1.807) is 7.11 Å². The minimum absolute atomic E-state index is 0.0586. The lowest BCUT2D eigenvalue weighted by Crippen LogP contribution is -2.70. The van der Waals surface area contributed by atoms with E-state index in [0.29, 0.717) is 79.0 Å². The molecule has 4 saturated carbocycles. The highest BCUT2D eigenvalue weighted by molar-refractivity contribution is 6.30. The molecular formula is C91H144ClF13O17. The zero-order valence-corrected chi connectivity index (χ0v) is 76.2. The summed E-state index contributed by atoms with van der Waals surface area (Å²) >= 11 is 5.86. The van der Waals surface area contributed by atoms with Crippen molar-refractivity contribution in [1.82, 2.24) is 0 Å². The van der Waals surface area contributed by atoms with Crippen LogP contribution >= 0.6 is 11.6 Å². The number of methoxy groups -OCH3 is 1. The summed E-state index contributed by atoms with van der Waals surface area (Å²) in [6.07, 6.45) is 15.3. The maximum atomic E-state index is 13.3. The van der Waals surface area contributed by atoms with Gasteiger partial charge in [0.25, 0.3) is 0 Å². The van der Waals surface area contributed by atoms with Crippen molar-refractivity contribution in [2.45, 2.75) is 358 Å². The van der Waals surface area contributed by atoms with Gasteiger partial charge in [-0.25, -0.2) is 0 Å². The summed E-state index contributed by atoms with van der Waals surface area (Å²) in [6.45, 7) is 45.4. The third kappa shape index (κ3) is 34.4. The standard InChI is InChI=1S/C14H19ClO.2C12H24O2.C11H9F13O2.C10H16O.C9H10O2.C7H12O3.C7H12O.C5H10O.C4H8O2/c1-13(2,3)14(10-16-14)9-8-11-4-6-12(15)7-5-11;1-4-6-7-11(5-2)8-13-9-12(3)10-14-12;1-4-6-7-11(5-2)8-13-9-12-10(3)14-12;12-6(13,1-2-25-3-5-4-26-5)7(14,15)8(16,17)9(18,19)10(20,21)11(22,23)24;1-9(2)6-4-7(9)10(3)8(5-6)11-10;1-2-4-8(5-3-1)10-6-9-7-11-9;1-2-3-7(8)10-5-6-4-9-6;1-7-5-3-2-4-6(7)8-7;1-4-5(2,3)6-4;1-5-2-4-3-6-4/h4-7H,8-10H2,1-3H3;11H,4-10H2,1-3H3;10-12H,4-9H2,1-3H3;5H,1-4H2;6-8H,4-5H2,1-3H3;1-5,9H,6-7H2;6H,2-5H2,1H3;6H,2-5H2,1H3;4H,1-3H3;4H,2-3H2,1H3. The van der Waals surface area contributed by atoms with Crippen LogP contribution in [-0.4, -0.2) is 231 Å². The fourth-order valence-electron chi connectivity index (χ4n) is 14.2. The van der Waals surface area contributed by atoms with Crippen LogP contribution in [0.2, 0.25) is 5.02 Å². The molecular weight excluding hydrogens is 1650 g/mol. The van der Waals surface area contributed by atoms with Gasteiger partial charge in [-0.1, -0.05) is 163 Å². The molecule has 31 heteroatoms. The number of carbonyl (C=O) groups is 1. The number of esters is 1. The van der Waals surface area contributed by atoms with Crippen molar-refractivity contribution in [2.24, 2.45) is 34.5 Å². The highest BCUT2D eigenvalue weighted by Gasteiger charge is 2.90. The van der Waals surface area contributed by atoms with Gasteiger partial charge in [0.15, 0.2) is 0 Å². The van der Waals surface area contributed by atoms with Crippen LogP contribution in [0.15, 0.2) is 54.6 Å². The van der Waals surface area contributed by atoms with Crippen molar-refractivity contribution in [3.05, 3.63) is 65.2 Å². The zero-order valence-electron chi connectivity index (χ0n) is 75.5. The Morgan fingerprint density at radius 2 is 1.11 bits per heavy atom. The molecule has 10 heterocycles. The fraction of sp³-hybridized carbons (Fsp3) is 0.857. The van der Waals surface area contributed by atoms with Crippen LogP contribution in [0.25, 0.3) is 0 Å². The van der Waals surface area contributed by atoms with Gasteiger partial charge in [0, 0.05) is 38.2 Å². The molecule has 10 aliphatic heterocycles. The fourth-order valence-corrected chi connectivity index (χ4v) is 14.4. The average Bonchev–Trinajstić information content (AvgIpc) is 1.49. The third-order valence-corrected chi connectivity index (χ3v) is 25.2. The molecule has 2 bridgehead atoms. The number of benzene rings is 2. The molecule has 16 rings (SSSR count). The second kappa shape index (κ2) is 46.9. The molecule has 4 aliphatic carbocycles. The van der Waals surface area contributed by atoms with Gasteiger partial charge in [-0.2, -0.15) is 57.1 Å². The van der Waals surface area contributed by atoms with E-state index < -0.39 is 61.5 Å². The van der Waals surface area contributed by atoms with Crippen LogP contribution in [0, 0.1) is 34.5 Å². The second-order valence-electron chi connectivity index (χ2n) is 37.2. The number of ether oxygens (including phenoxy) is 16. The van der Waals surface area contributed by atoms with Crippen LogP contribution in [0.1, 0.15) is 239 Å². The number of halogens is 14. The highest BCUT2D eigenvalue weighted by Crippen LogP contribution is 2.70. The van der Waals surface area contributed by atoms with Crippen molar-refractivity contribution >= 4 is 17.6 Å². The van der Waals surface area contributed by atoms with Crippen LogP contribution < -0.4 is 4.74 Å². The molecule has 17 nitrogen and oxygen atoms in total. The Balaban J connectivity index is 0.000000215. The number of unbranched alkanes of at least 4 members (excludes halogenated alkanes) is 2. The van der Waals surface area contributed by atoms with Crippen molar-refractivity contribution in [3.63, 3.8) is 0 Å². The first-order valence-electron chi connectivity index (χ1n) is 44.1. The Kier molecular flexibility index (Phi) is 41.2. The smallest absolute Gasteiger partial charge is 0.460 e. The Hall–Kier alpha value is -3.47. The molecule has 10 saturated heterocycles. The molecule has 0 spiro atoms. The number of para-hydroxylation sites is 1. The summed E-state index contributed by atoms with van der Waals surface area (Å²) in [6, 6.07) is 17.9. The number of fused-ring (bicyclic) bond motifs is 1. The van der Waals surface area contributed by atoms with E-state index in [4.69, 9.17) is 77.9 Å². The molecule has 2 aromatic rings. The van der Waals surface area contributed by atoms with E-state index in [0.717, 1.165) is 120 Å². The lowest BCUT2D eigenvalue weighted by atomic mass is 9.46. The topological polar surface area (TPSA) is 198 Å². The number of aryl methyl sites for hydroxylation is 1. The third-order valence-electron chi connectivity index (χ3n) is 24.9. The first-order valence-corrected chi connectivity index (χ1v) is 44.5. The van der Waals surface area contributed by atoms with Crippen molar-refractivity contribution < 1.29 is 138 Å². The van der Waals surface area contributed by atoms with Gasteiger partial charge in [0.1, 0.15) is 55.1 Å². The van der Waals surface area contributed by atoms with Gasteiger partial charge >= 0.3 is 41.8 Å². The maximum absolute atomic E-state index is 13.3. The van der Waals surface area contributed by atoms with E-state index in [9.17, 15) is 61.9 Å². The van der Waals surface area contributed by atoms with Gasteiger partial charge in [0.05, 0.1) is 119 Å². The van der Waals surface area contributed by atoms with Gasteiger partial charge < -0.3 is 75.8 Å². The Bertz CT molecular complexity index is 3290. The minimum atomic E-state index is -7.87. The summed E-state index contributed by atoms with van der Waals surface area (Å²) in [7, 11) is 1.68. The average molecular weight is 1790 g/mol. The van der Waals surface area contributed by atoms with E-state index in [2.05, 4.69) is 132 Å². The molecule has 17 unspecified atom stereocenters. The largest absolute Gasteiger partial charge is 0.491 e. The van der Waals surface area contributed by atoms with Crippen molar-refractivity contribution in [2.75, 3.05) is 106 Å². The molecule has 14 fully saturated rings. The Morgan fingerprint density at radius 3 is 1.52 bits per heavy atom. The van der Waals surface area contributed by atoms with Crippen LogP contribution in [-0.2, 0) is 82.3 Å². The lowest BCUT2D eigenvalue weighted by molar-refractivity contribution is -0.440. The summed E-state index contributed by atoms with van der Waals surface area (Å²) in [5.41, 5.74) is 3.18. The SMILES string of the molecule is CC(C)(C)C1(CCc2ccc(Cl)cc2)CO1.CC1(C)C2CC3OC3(C)C1C2.CC12CCCCC1O2.CC1OC1(C)C.CCCC(=O)OCC1CO1.CCCCC(CC)COCC1(C)CO1.CCCCC(CC)COCC1OC1C.COCC1CO1.FC(F)(F)C(F)(F)C(F)(F)C(F)(F)C(F)(F)C(F)(F)CCOCC1CO1.c1ccc(OCC2CO2)cc1. The first kappa shape index (κ1) is 107. The van der Waals surface area contributed by atoms with Gasteiger partial charge in [-0.3, -0.25) is 4.79 Å². The minimum Gasteiger partial charge on any atom is -0.491 e. The molecule has 2 aromatic carbocycles. The monoisotopic (exact) mass is 1790 g/mol. The maximum Gasteiger partial charge on any atom is 0.460 e. The Morgan fingerprint density at radius 1 is 0.598 bits per heavy atom. The van der Waals surface area contributed by atoms with E-state index in [1.807, 2.05) is 49.4 Å². The molecule has 14 aliphatic rings. The molecule has 0 radical (unpaired) electrons. The van der Waals surface area contributed by atoms with Crippen LogP contribution in [0.5, 0.6) is 5.75 Å². The molecule has 122 heavy (non-hydrogen) atoms. The molecule has 708 valence electrons. The Labute approximate surface area is 722 Å². The number of hydrogen-bond donors (Lipinski definition) is 0. The first-order chi connectivity index (χ1) is 56.9. The summed E-state index contributed by atoms with van der Waals surface area (Å²) in [4.78, 5) is 10.7. The number of hydrogen-bond acceptors (Lipinski definition) is 17. The van der Waals surface area contributed by atoms with Crippen LogP contribution in [0.3, 0.4) is 0 Å². The highest BCUT2D eigenvalue weighted by atomic mass is 35.5. The van der Waals surface area contributed by atoms with Crippen molar-refractivity contribution in [1.29, 1.82) is 0 Å². The second-order valence-corrected chi connectivity index (χ2v) is 37.6. The van der Waals surface area contributed by atoms with E-state index >= 15 is 0 Å². The normalized spacial score (nSPS) is 30.2.